The smallest absolute Gasteiger partial charge is 0.315 e. The number of aliphatic hydroxyl groups excluding tert-OH is 1. The lowest BCUT2D eigenvalue weighted by molar-refractivity contribution is -0.115. The molecule has 1 aliphatic rings. The number of carbonyl (C=O) groups is 2. The second-order valence-electron chi connectivity index (χ2n) is 3.98. The lowest BCUT2D eigenvalue weighted by atomic mass is 9.99. The molecule has 15 heavy (non-hydrogen) atoms. The van der Waals surface area contributed by atoms with E-state index >= 15 is 0 Å². The summed E-state index contributed by atoms with van der Waals surface area (Å²) in [5.74, 6) is -0.130. The topological polar surface area (TPSA) is 78.4 Å². The van der Waals surface area contributed by atoms with Crippen molar-refractivity contribution < 1.29 is 14.7 Å². The van der Waals surface area contributed by atoms with Crippen LogP contribution < -0.4 is 10.6 Å². The maximum Gasteiger partial charge on any atom is 0.315 e. The number of amides is 2. The summed E-state index contributed by atoms with van der Waals surface area (Å²) in [6.07, 6.45) is 1.77. The number of hydrogen-bond acceptors (Lipinski definition) is 3. The van der Waals surface area contributed by atoms with Gasteiger partial charge < -0.3 is 15.7 Å². The number of hydrogen-bond donors (Lipinski definition) is 3. The van der Waals surface area contributed by atoms with Crippen LogP contribution in [0.3, 0.4) is 0 Å². The first kappa shape index (κ1) is 11.6. The Morgan fingerprint density at radius 3 is 2.73 bits per heavy atom. The number of allylic oxidation sites excluding steroid dienone is 1. The molecule has 1 rings (SSSR count). The van der Waals surface area contributed by atoms with Gasteiger partial charge in [0.05, 0.1) is 5.76 Å². The van der Waals surface area contributed by atoms with Crippen molar-refractivity contribution in [3.8, 4) is 0 Å². The summed E-state index contributed by atoms with van der Waals surface area (Å²) in [6, 6.07) is -0.563. The monoisotopic (exact) mass is 212 g/mol. The number of ketones is 1. The van der Waals surface area contributed by atoms with Crippen molar-refractivity contribution in [3.63, 3.8) is 0 Å². The van der Waals surface area contributed by atoms with Crippen LogP contribution in [0.5, 0.6) is 0 Å². The fourth-order valence-electron chi connectivity index (χ4n) is 1.46. The van der Waals surface area contributed by atoms with E-state index in [2.05, 4.69) is 10.6 Å². The van der Waals surface area contributed by atoms with Crippen molar-refractivity contribution >= 4 is 11.8 Å². The van der Waals surface area contributed by atoms with Gasteiger partial charge in [0.25, 0.3) is 0 Å². The van der Waals surface area contributed by atoms with Crippen LogP contribution in [-0.2, 0) is 4.79 Å². The third-order valence-corrected chi connectivity index (χ3v) is 1.99. The van der Waals surface area contributed by atoms with Crippen molar-refractivity contribution in [1.82, 2.24) is 10.6 Å². The summed E-state index contributed by atoms with van der Waals surface area (Å²) in [5.41, 5.74) is 0. The largest absolute Gasteiger partial charge is 0.512 e. The zero-order chi connectivity index (χ0) is 11.4. The van der Waals surface area contributed by atoms with Crippen LogP contribution in [0, 0.1) is 0 Å². The minimum Gasteiger partial charge on any atom is -0.512 e. The highest BCUT2D eigenvalue weighted by Crippen LogP contribution is 2.13. The quantitative estimate of drug-likeness (QED) is 0.635. The van der Waals surface area contributed by atoms with Crippen LogP contribution in [0.4, 0.5) is 4.79 Å². The highest BCUT2D eigenvalue weighted by atomic mass is 16.3. The third-order valence-electron chi connectivity index (χ3n) is 1.99. The predicted octanol–water partition coefficient (Wildman–Crippen LogP) is 0.867. The molecule has 0 spiro atoms. The fraction of sp³-hybridized carbons (Fsp3) is 0.600. The van der Waals surface area contributed by atoms with E-state index in [0.29, 0.717) is 6.42 Å². The molecule has 1 aliphatic carbocycles. The van der Waals surface area contributed by atoms with Crippen LogP contribution in [-0.4, -0.2) is 29.0 Å². The normalized spacial score (nSPS) is 21.1. The van der Waals surface area contributed by atoms with Gasteiger partial charge in [0.15, 0.2) is 5.78 Å². The molecule has 84 valence electrons. The van der Waals surface area contributed by atoms with Gasteiger partial charge in [-0.25, -0.2) is 4.79 Å². The van der Waals surface area contributed by atoms with Crippen molar-refractivity contribution in [2.45, 2.75) is 38.8 Å². The predicted molar refractivity (Wildman–Crippen MR) is 55.5 cm³/mol. The molecule has 0 aliphatic heterocycles. The molecule has 0 saturated carbocycles. The standard InChI is InChI=1S/C10H16N2O3/c1-6(2)11-10(15)12-7-3-8(13)5-9(14)4-7/h5-7,13H,3-4H2,1-2H3,(H2,11,12,15). The molecular weight excluding hydrogens is 196 g/mol. The first-order valence-corrected chi connectivity index (χ1v) is 4.96. The molecule has 0 heterocycles. The average Bonchev–Trinajstić information content (AvgIpc) is 1.98. The average molecular weight is 212 g/mol. The van der Waals surface area contributed by atoms with E-state index in [4.69, 9.17) is 0 Å². The molecule has 5 nitrogen and oxygen atoms in total. The minimum atomic E-state index is -0.308. The van der Waals surface area contributed by atoms with E-state index in [1.54, 1.807) is 0 Å². The maximum atomic E-state index is 11.3. The summed E-state index contributed by atoms with van der Waals surface area (Å²) < 4.78 is 0. The van der Waals surface area contributed by atoms with Gasteiger partial charge in [0.2, 0.25) is 0 Å². The van der Waals surface area contributed by atoms with Gasteiger partial charge in [0, 0.05) is 31.0 Å². The molecule has 2 amide bonds. The highest BCUT2D eigenvalue weighted by molar-refractivity contribution is 5.92. The maximum absolute atomic E-state index is 11.3. The molecule has 0 fully saturated rings. The molecule has 0 radical (unpaired) electrons. The number of nitrogens with one attached hydrogen (secondary N) is 2. The van der Waals surface area contributed by atoms with Gasteiger partial charge in [-0.3, -0.25) is 4.79 Å². The Hall–Kier alpha value is -1.52. The lowest BCUT2D eigenvalue weighted by Gasteiger charge is -2.21. The number of aliphatic hydroxyl groups is 1. The minimum absolute atomic E-state index is 0.0288. The SMILES string of the molecule is CC(C)NC(=O)NC1CC(=O)C=C(O)C1. The number of carbonyl (C=O) groups excluding carboxylic acids is 2. The first-order chi connectivity index (χ1) is 6.97. The van der Waals surface area contributed by atoms with E-state index in [9.17, 15) is 14.7 Å². The molecule has 0 aromatic carbocycles. The summed E-state index contributed by atoms with van der Waals surface area (Å²) in [5, 5.41) is 14.5. The second-order valence-corrected chi connectivity index (χ2v) is 3.98. The van der Waals surface area contributed by atoms with Crippen molar-refractivity contribution in [2.75, 3.05) is 0 Å². The van der Waals surface area contributed by atoms with Gasteiger partial charge in [-0.15, -0.1) is 0 Å². The number of rotatable bonds is 2. The Labute approximate surface area is 88.5 Å². The van der Waals surface area contributed by atoms with Gasteiger partial charge in [-0.1, -0.05) is 0 Å². The molecule has 0 saturated heterocycles. The summed E-state index contributed by atoms with van der Waals surface area (Å²) in [6.45, 7) is 3.70. The molecule has 1 unspecified atom stereocenters. The van der Waals surface area contributed by atoms with Crippen LogP contribution in [0.2, 0.25) is 0 Å². The summed E-state index contributed by atoms with van der Waals surface area (Å²) in [7, 11) is 0. The van der Waals surface area contributed by atoms with Crippen LogP contribution in [0.25, 0.3) is 0 Å². The zero-order valence-corrected chi connectivity index (χ0v) is 8.91. The summed E-state index contributed by atoms with van der Waals surface area (Å²) in [4.78, 5) is 22.4. The Bertz CT molecular complexity index is 297. The van der Waals surface area contributed by atoms with Gasteiger partial charge in [-0.2, -0.15) is 0 Å². The molecular formula is C10H16N2O3. The Kier molecular flexibility index (Phi) is 3.71. The molecule has 0 aromatic rings. The Morgan fingerprint density at radius 2 is 2.20 bits per heavy atom. The van der Waals surface area contributed by atoms with Crippen molar-refractivity contribution in [3.05, 3.63) is 11.8 Å². The van der Waals surface area contributed by atoms with Crippen molar-refractivity contribution in [1.29, 1.82) is 0 Å². The zero-order valence-electron chi connectivity index (χ0n) is 8.91. The molecule has 0 bridgehead atoms. The molecule has 5 heteroatoms. The molecule has 3 N–H and O–H groups in total. The van der Waals surface area contributed by atoms with Crippen molar-refractivity contribution in [2.24, 2.45) is 0 Å². The molecule has 1 atom stereocenters. The first-order valence-electron chi connectivity index (χ1n) is 4.96. The van der Waals surface area contributed by atoms with E-state index < -0.39 is 0 Å². The van der Waals surface area contributed by atoms with E-state index in [1.165, 1.54) is 6.08 Å². The van der Waals surface area contributed by atoms with E-state index in [-0.39, 0.29) is 36.1 Å². The van der Waals surface area contributed by atoms with Crippen LogP contribution in [0.1, 0.15) is 26.7 Å². The number of urea groups is 1. The Balaban J connectivity index is 2.43. The van der Waals surface area contributed by atoms with Gasteiger partial charge in [-0.05, 0) is 13.8 Å². The van der Waals surface area contributed by atoms with Crippen LogP contribution in [0.15, 0.2) is 11.8 Å². The second kappa shape index (κ2) is 4.82. The Morgan fingerprint density at radius 1 is 1.53 bits per heavy atom. The summed E-state index contributed by atoms with van der Waals surface area (Å²) >= 11 is 0. The fourth-order valence-corrected chi connectivity index (χ4v) is 1.46. The highest BCUT2D eigenvalue weighted by Gasteiger charge is 2.21. The van der Waals surface area contributed by atoms with Gasteiger partial charge >= 0.3 is 6.03 Å². The lowest BCUT2D eigenvalue weighted by Crippen LogP contribution is -2.46. The van der Waals surface area contributed by atoms with E-state index in [1.807, 2.05) is 13.8 Å². The van der Waals surface area contributed by atoms with E-state index in [0.717, 1.165) is 0 Å². The van der Waals surface area contributed by atoms with Crippen LogP contribution >= 0.6 is 0 Å². The molecule has 0 aromatic heterocycles. The van der Waals surface area contributed by atoms with Gasteiger partial charge in [0.1, 0.15) is 0 Å². The third kappa shape index (κ3) is 4.01.